The summed E-state index contributed by atoms with van der Waals surface area (Å²) in [6.07, 6.45) is -1.28. The second-order valence-corrected chi connectivity index (χ2v) is 8.49. The number of carbonyl (C=O) groups excluding carboxylic acids is 1. The number of nitrogens with zero attached hydrogens (tertiary/aromatic N) is 2. The molecule has 8 heteroatoms. The Kier molecular flexibility index (Phi) is 5.21. The molecule has 0 radical (unpaired) electrons. The minimum atomic E-state index is -4.39. The number of hydrogen-bond acceptors (Lipinski definition) is 4. The zero-order chi connectivity index (χ0) is 20.6. The van der Waals surface area contributed by atoms with Gasteiger partial charge in [0.25, 0.3) is 5.91 Å². The van der Waals surface area contributed by atoms with Gasteiger partial charge in [-0.05, 0) is 50.1 Å². The average Bonchev–Trinajstić information content (AvgIpc) is 3.13. The van der Waals surface area contributed by atoms with Gasteiger partial charge >= 0.3 is 6.18 Å². The summed E-state index contributed by atoms with van der Waals surface area (Å²) in [5, 5.41) is 3.79. The standard InChI is InChI=1S/C21H20F3N3OS/c1-13-2-5-19(29-13)20(28)26-15-7-10-27(11-8-15)18-6-9-25-17-12-14(21(22,23)24)3-4-16(17)18/h2-6,9,12,15H,7-8,10-11H2,1H3,(H,26,28). The first kappa shape index (κ1) is 19.7. The van der Waals surface area contributed by atoms with Gasteiger partial charge in [0.1, 0.15) is 0 Å². The number of halogens is 3. The van der Waals surface area contributed by atoms with Crippen LogP contribution in [0.2, 0.25) is 0 Å². The van der Waals surface area contributed by atoms with Crippen LogP contribution in [0.3, 0.4) is 0 Å². The van der Waals surface area contributed by atoms with Crippen molar-refractivity contribution in [1.82, 2.24) is 10.3 Å². The highest BCUT2D eigenvalue weighted by Gasteiger charge is 2.31. The molecule has 152 valence electrons. The lowest BCUT2D eigenvalue weighted by Crippen LogP contribution is -2.44. The Morgan fingerprint density at radius 3 is 2.59 bits per heavy atom. The number of fused-ring (bicyclic) bond motifs is 1. The first-order valence-electron chi connectivity index (χ1n) is 9.39. The monoisotopic (exact) mass is 419 g/mol. The van der Waals surface area contributed by atoms with Crippen molar-refractivity contribution in [3.8, 4) is 0 Å². The van der Waals surface area contributed by atoms with E-state index in [-0.39, 0.29) is 11.9 Å². The van der Waals surface area contributed by atoms with Gasteiger partial charge < -0.3 is 10.2 Å². The molecule has 1 saturated heterocycles. The van der Waals surface area contributed by atoms with Crippen LogP contribution in [0, 0.1) is 6.92 Å². The molecule has 4 nitrogen and oxygen atoms in total. The molecule has 4 rings (SSSR count). The molecule has 1 N–H and O–H groups in total. The summed E-state index contributed by atoms with van der Waals surface area (Å²) in [7, 11) is 0. The molecule has 0 atom stereocenters. The Morgan fingerprint density at radius 2 is 1.93 bits per heavy atom. The molecule has 0 spiro atoms. The third kappa shape index (κ3) is 4.22. The maximum atomic E-state index is 13.0. The lowest BCUT2D eigenvalue weighted by Gasteiger charge is -2.34. The highest BCUT2D eigenvalue weighted by molar-refractivity contribution is 7.13. The van der Waals surface area contributed by atoms with E-state index in [4.69, 9.17) is 0 Å². The highest BCUT2D eigenvalue weighted by Crippen LogP contribution is 2.34. The van der Waals surface area contributed by atoms with Crippen molar-refractivity contribution in [2.24, 2.45) is 0 Å². The number of anilines is 1. The van der Waals surface area contributed by atoms with Gasteiger partial charge in [-0.25, -0.2) is 0 Å². The predicted octanol–water partition coefficient (Wildman–Crippen LogP) is 5.02. The van der Waals surface area contributed by atoms with E-state index in [1.54, 1.807) is 6.20 Å². The van der Waals surface area contributed by atoms with Crippen LogP contribution in [-0.4, -0.2) is 30.0 Å². The van der Waals surface area contributed by atoms with Crippen LogP contribution >= 0.6 is 11.3 Å². The second-order valence-electron chi connectivity index (χ2n) is 7.20. The first-order chi connectivity index (χ1) is 13.8. The number of pyridine rings is 1. The third-order valence-corrected chi connectivity index (χ3v) is 6.18. The summed E-state index contributed by atoms with van der Waals surface area (Å²) < 4.78 is 38.9. The molecule has 0 bridgehead atoms. The number of aryl methyl sites for hydroxylation is 1. The molecule has 0 saturated carbocycles. The van der Waals surface area contributed by atoms with E-state index in [0.29, 0.717) is 28.9 Å². The molecule has 1 amide bonds. The topological polar surface area (TPSA) is 45.2 Å². The minimum Gasteiger partial charge on any atom is -0.371 e. The van der Waals surface area contributed by atoms with E-state index in [0.717, 1.165) is 35.5 Å². The van der Waals surface area contributed by atoms with Crippen molar-refractivity contribution >= 4 is 33.8 Å². The number of amides is 1. The fourth-order valence-electron chi connectivity index (χ4n) is 3.66. The molecular formula is C21H20F3N3OS. The zero-order valence-electron chi connectivity index (χ0n) is 15.8. The summed E-state index contributed by atoms with van der Waals surface area (Å²) in [5.74, 6) is -0.0457. The number of carbonyl (C=O) groups is 1. The largest absolute Gasteiger partial charge is 0.416 e. The van der Waals surface area contributed by atoms with E-state index < -0.39 is 11.7 Å². The quantitative estimate of drug-likeness (QED) is 0.648. The Morgan fingerprint density at radius 1 is 1.17 bits per heavy atom. The maximum absolute atomic E-state index is 13.0. The summed E-state index contributed by atoms with van der Waals surface area (Å²) in [6.45, 7) is 3.40. The van der Waals surface area contributed by atoms with Crippen molar-refractivity contribution in [2.75, 3.05) is 18.0 Å². The Balaban J connectivity index is 1.45. The molecule has 2 aromatic heterocycles. The van der Waals surface area contributed by atoms with Crippen LogP contribution in [0.25, 0.3) is 10.9 Å². The molecule has 3 aromatic rings. The number of alkyl halides is 3. The summed E-state index contributed by atoms with van der Waals surface area (Å²) >= 11 is 1.48. The molecule has 1 fully saturated rings. The molecule has 0 unspecified atom stereocenters. The van der Waals surface area contributed by atoms with Gasteiger partial charge in [-0.3, -0.25) is 9.78 Å². The van der Waals surface area contributed by atoms with Crippen LogP contribution in [0.1, 0.15) is 33.0 Å². The highest BCUT2D eigenvalue weighted by atomic mass is 32.1. The third-order valence-electron chi connectivity index (χ3n) is 5.18. The minimum absolute atomic E-state index is 0.0457. The van der Waals surface area contributed by atoms with Gasteiger partial charge in [-0.1, -0.05) is 6.07 Å². The van der Waals surface area contributed by atoms with Crippen LogP contribution in [-0.2, 0) is 6.18 Å². The molecule has 1 aromatic carbocycles. The average molecular weight is 419 g/mol. The summed E-state index contributed by atoms with van der Waals surface area (Å²) in [5.41, 5.74) is 0.517. The van der Waals surface area contributed by atoms with Crippen LogP contribution < -0.4 is 10.2 Å². The lowest BCUT2D eigenvalue weighted by atomic mass is 10.0. The summed E-state index contributed by atoms with van der Waals surface area (Å²) in [4.78, 5) is 20.4. The van der Waals surface area contributed by atoms with Crippen molar-refractivity contribution < 1.29 is 18.0 Å². The van der Waals surface area contributed by atoms with Gasteiger partial charge in [-0.2, -0.15) is 13.2 Å². The number of piperidine rings is 1. The number of nitrogens with one attached hydrogen (secondary N) is 1. The SMILES string of the molecule is Cc1ccc(C(=O)NC2CCN(c3ccnc4cc(C(F)(F)F)ccc34)CC2)s1. The summed E-state index contributed by atoms with van der Waals surface area (Å²) in [6, 6.07) is 9.38. The van der Waals surface area contributed by atoms with E-state index in [2.05, 4.69) is 15.2 Å². The maximum Gasteiger partial charge on any atom is 0.416 e. The van der Waals surface area contributed by atoms with Gasteiger partial charge in [0.2, 0.25) is 0 Å². The predicted molar refractivity (Wildman–Crippen MR) is 109 cm³/mol. The van der Waals surface area contributed by atoms with Crippen LogP contribution in [0.4, 0.5) is 18.9 Å². The van der Waals surface area contributed by atoms with E-state index >= 15 is 0 Å². The van der Waals surface area contributed by atoms with E-state index in [1.165, 1.54) is 17.4 Å². The molecule has 29 heavy (non-hydrogen) atoms. The van der Waals surface area contributed by atoms with E-state index in [9.17, 15) is 18.0 Å². The van der Waals surface area contributed by atoms with Crippen molar-refractivity contribution in [2.45, 2.75) is 32.0 Å². The van der Waals surface area contributed by atoms with Gasteiger partial charge in [0.05, 0.1) is 16.0 Å². The number of rotatable bonds is 3. The van der Waals surface area contributed by atoms with Crippen molar-refractivity contribution in [3.63, 3.8) is 0 Å². The Hall–Kier alpha value is -2.61. The van der Waals surface area contributed by atoms with E-state index in [1.807, 2.05) is 25.1 Å². The smallest absolute Gasteiger partial charge is 0.371 e. The molecule has 3 heterocycles. The fraction of sp³-hybridized carbons (Fsp3) is 0.333. The Bertz CT molecular complexity index is 1040. The normalized spacial score (nSPS) is 15.7. The number of thiophene rings is 1. The first-order valence-corrected chi connectivity index (χ1v) is 10.2. The Labute approximate surface area is 170 Å². The van der Waals surface area contributed by atoms with Gasteiger partial charge in [-0.15, -0.1) is 11.3 Å². The zero-order valence-corrected chi connectivity index (χ0v) is 16.6. The second kappa shape index (κ2) is 7.67. The molecular weight excluding hydrogens is 399 g/mol. The number of benzene rings is 1. The van der Waals surface area contributed by atoms with Crippen LogP contribution in [0.15, 0.2) is 42.6 Å². The number of hydrogen-bond donors (Lipinski definition) is 1. The van der Waals surface area contributed by atoms with Gasteiger partial charge in [0, 0.05) is 41.3 Å². The molecule has 1 aliphatic heterocycles. The van der Waals surface area contributed by atoms with Gasteiger partial charge in [0.15, 0.2) is 0 Å². The molecule has 0 aliphatic carbocycles. The number of aromatic nitrogens is 1. The van der Waals surface area contributed by atoms with Crippen molar-refractivity contribution in [1.29, 1.82) is 0 Å². The fourth-order valence-corrected chi connectivity index (χ4v) is 4.43. The molecule has 1 aliphatic rings. The van der Waals surface area contributed by atoms with Crippen LogP contribution in [0.5, 0.6) is 0 Å². The lowest BCUT2D eigenvalue weighted by molar-refractivity contribution is -0.137. The van der Waals surface area contributed by atoms with Crippen molar-refractivity contribution in [3.05, 3.63) is 57.9 Å².